The molecule has 1 saturated heterocycles. The van der Waals surface area contributed by atoms with Crippen molar-refractivity contribution in [3.63, 3.8) is 0 Å². The molecule has 0 atom stereocenters. The minimum absolute atomic E-state index is 0.177. The van der Waals surface area contributed by atoms with E-state index in [1.807, 2.05) is 66.5 Å². The van der Waals surface area contributed by atoms with Crippen LogP contribution in [0, 0.1) is 18.3 Å². The van der Waals surface area contributed by atoms with Crippen molar-refractivity contribution in [1.82, 2.24) is 20.2 Å². The fraction of sp³-hybridized carbons (Fsp3) is 0.174. The summed E-state index contributed by atoms with van der Waals surface area (Å²) in [5, 5.41) is 17.9. The van der Waals surface area contributed by atoms with Crippen LogP contribution in [0.25, 0.3) is 39.2 Å². The number of halogens is 3. The number of benzene rings is 5. The highest BCUT2D eigenvalue weighted by molar-refractivity contribution is 6.35. The maximum atomic E-state index is 13.4. The maximum Gasteiger partial charge on any atom is 0.286 e. The van der Waals surface area contributed by atoms with Crippen LogP contribution < -0.4 is 14.9 Å². The van der Waals surface area contributed by atoms with Crippen molar-refractivity contribution >= 4 is 57.5 Å². The quantitative estimate of drug-likeness (QED) is 0.143. The van der Waals surface area contributed by atoms with Crippen LogP contribution in [0.3, 0.4) is 0 Å². The van der Waals surface area contributed by atoms with Gasteiger partial charge < -0.3 is 13.9 Å². The molecule has 5 aromatic carbocycles. The Morgan fingerprint density at radius 1 is 0.780 bits per heavy atom. The largest absolute Gasteiger partial charge is 0.497 e. The van der Waals surface area contributed by atoms with Crippen molar-refractivity contribution in [2.24, 2.45) is 0 Å². The van der Waals surface area contributed by atoms with E-state index in [1.165, 1.54) is 6.42 Å². The highest BCUT2D eigenvalue weighted by Gasteiger charge is 2.26. The molecule has 13 heteroatoms. The van der Waals surface area contributed by atoms with Gasteiger partial charge in [-0.15, -0.1) is 0 Å². The van der Waals surface area contributed by atoms with Crippen LogP contribution in [-0.4, -0.2) is 53.8 Å². The number of nitrogens with one attached hydrogen (secondary N) is 1. The number of hydrazine groups is 1. The lowest BCUT2D eigenvalue weighted by atomic mass is 9.97. The zero-order valence-corrected chi connectivity index (χ0v) is 34.7. The van der Waals surface area contributed by atoms with Crippen molar-refractivity contribution < 1.29 is 23.5 Å². The molecule has 2 aromatic heterocycles. The van der Waals surface area contributed by atoms with Crippen LogP contribution in [0.4, 0.5) is 0 Å². The third kappa shape index (κ3) is 8.99. The molecule has 7 aromatic rings. The van der Waals surface area contributed by atoms with Gasteiger partial charge in [-0.05, 0) is 111 Å². The lowest BCUT2D eigenvalue weighted by molar-refractivity contribution is 0.0743. The monoisotopic (exact) mass is 845 g/mol. The molecule has 0 unspecified atom stereocenters. The van der Waals surface area contributed by atoms with Gasteiger partial charge in [-0.3, -0.25) is 15.0 Å². The first kappa shape index (κ1) is 41.1. The van der Waals surface area contributed by atoms with E-state index in [0.29, 0.717) is 71.4 Å². The molecule has 59 heavy (non-hydrogen) atoms. The fourth-order valence-electron chi connectivity index (χ4n) is 6.90. The number of ketones is 1. The molecule has 0 bridgehead atoms. The molecule has 1 N–H and O–H groups in total. The van der Waals surface area contributed by atoms with Crippen molar-refractivity contribution in [2.75, 3.05) is 27.3 Å². The smallest absolute Gasteiger partial charge is 0.286 e. The lowest BCUT2D eigenvalue weighted by Gasteiger charge is -2.26. The topological polar surface area (TPSA) is 123 Å². The third-order valence-electron chi connectivity index (χ3n) is 9.96. The zero-order chi connectivity index (χ0) is 41.6. The van der Waals surface area contributed by atoms with Gasteiger partial charge in [0.1, 0.15) is 22.8 Å². The van der Waals surface area contributed by atoms with Gasteiger partial charge in [0, 0.05) is 56.8 Å². The van der Waals surface area contributed by atoms with E-state index in [9.17, 15) is 9.59 Å². The van der Waals surface area contributed by atoms with Crippen molar-refractivity contribution in [3.05, 3.63) is 152 Å². The van der Waals surface area contributed by atoms with Gasteiger partial charge in [-0.2, -0.15) is 10.4 Å². The molecule has 8 rings (SSSR count). The minimum atomic E-state index is -0.228. The lowest BCUT2D eigenvalue weighted by Crippen LogP contribution is -2.45. The van der Waals surface area contributed by atoms with E-state index in [-0.39, 0.29) is 11.7 Å². The first-order chi connectivity index (χ1) is 28.6. The second-order valence-corrected chi connectivity index (χ2v) is 15.0. The second-order valence-electron chi connectivity index (χ2n) is 13.7. The molecule has 1 aliphatic heterocycles. The van der Waals surface area contributed by atoms with E-state index in [2.05, 4.69) is 16.6 Å². The maximum absolute atomic E-state index is 13.4. The van der Waals surface area contributed by atoms with Gasteiger partial charge in [0.2, 0.25) is 0 Å². The van der Waals surface area contributed by atoms with Gasteiger partial charge >= 0.3 is 0 Å². The number of furan rings is 1. The Bertz CT molecular complexity index is 2680. The van der Waals surface area contributed by atoms with Crippen molar-refractivity contribution in [2.45, 2.75) is 26.2 Å². The summed E-state index contributed by atoms with van der Waals surface area (Å²) in [5.74, 6) is 1.43. The number of nitriles is 1. The summed E-state index contributed by atoms with van der Waals surface area (Å²) in [6.07, 6.45) is 3.34. The van der Waals surface area contributed by atoms with Crippen LogP contribution in [0.2, 0.25) is 15.1 Å². The molecule has 10 nitrogen and oxygen atoms in total. The van der Waals surface area contributed by atoms with E-state index < -0.39 is 0 Å². The van der Waals surface area contributed by atoms with Gasteiger partial charge in [-0.25, -0.2) is 9.69 Å². The van der Waals surface area contributed by atoms with Crippen LogP contribution in [0.5, 0.6) is 11.5 Å². The Kier molecular flexibility index (Phi) is 12.7. The number of amides is 1. The number of ether oxygens (including phenoxy) is 2. The summed E-state index contributed by atoms with van der Waals surface area (Å²) in [6, 6.07) is 34.0. The molecule has 0 aliphatic carbocycles. The van der Waals surface area contributed by atoms with Gasteiger partial charge in [0.15, 0.2) is 11.5 Å². The SMILES string of the molecule is COc1ccc(-c2oc3cc(OC)ccc3c2C(=O)c2ccc(C#N)cc2)cc1.Cc1c(C(=O)NN2CCCCC2)nn(-c2ccc(Cl)cc2Cl)c1-c1ccc(Cl)cc1. The summed E-state index contributed by atoms with van der Waals surface area (Å²) in [6.45, 7) is 3.58. The first-order valence-electron chi connectivity index (χ1n) is 18.7. The number of hydrogen-bond acceptors (Lipinski definition) is 8. The van der Waals surface area contributed by atoms with Crippen LogP contribution in [0.1, 0.15) is 56.8 Å². The Morgan fingerprint density at radius 3 is 2.07 bits per heavy atom. The molecule has 3 heterocycles. The number of aromatic nitrogens is 2. The molecule has 0 spiro atoms. The van der Waals surface area contributed by atoms with E-state index in [4.69, 9.17) is 54.0 Å². The summed E-state index contributed by atoms with van der Waals surface area (Å²) >= 11 is 18.6. The molecule has 1 amide bonds. The van der Waals surface area contributed by atoms with Gasteiger partial charge in [0.05, 0.1) is 47.8 Å². The van der Waals surface area contributed by atoms with E-state index >= 15 is 0 Å². The Hall–Kier alpha value is -6.09. The van der Waals surface area contributed by atoms with Crippen LogP contribution >= 0.6 is 34.8 Å². The number of rotatable bonds is 9. The first-order valence-corrected chi connectivity index (χ1v) is 19.9. The zero-order valence-electron chi connectivity index (χ0n) is 32.4. The summed E-state index contributed by atoms with van der Waals surface area (Å²) < 4.78 is 18.3. The Balaban J connectivity index is 0.000000179. The van der Waals surface area contributed by atoms with E-state index in [1.54, 1.807) is 73.5 Å². The Morgan fingerprint density at radius 2 is 1.42 bits per heavy atom. The van der Waals surface area contributed by atoms with Gasteiger partial charge in [-0.1, -0.05) is 53.4 Å². The standard InChI is InChI=1S/C24H17NO4.C22H21Cl3N4O/c1-27-18-9-7-17(8-10-18)24-22(20-12-11-19(28-2)13-21(20)29-24)23(26)16-5-3-15(14-25)4-6-16;1-14-20(22(30)27-28-11-3-2-4-12-28)26-29(19-10-9-17(24)13-18(19)25)21(14)15-5-7-16(23)8-6-15/h3-13H,1-2H3;5-10,13H,2-4,11-12H2,1H3,(H,27,30). The average molecular weight is 847 g/mol. The predicted molar refractivity (Wildman–Crippen MR) is 231 cm³/mol. The highest BCUT2D eigenvalue weighted by atomic mass is 35.5. The number of carbonyl (C=O) groups is 2. The summed E-state index contributed by atoms with van der Waals surface area (Å²) in [7, 11) is 3.18. The molecule has 1 fully saturated rings. The van der Waals surface area contributed by atoms with Gasteiger partial charge in [0.25, 0.3) is 5.91 Å². The number of piperidine rings is 1. The Labute approximate surface area is 356 Å². The molecular weight excluding hydrogens is 809 g/mol. The minimum Gasteiger partial charge on any atom is -0.497 e. The van der Waals surface area contributed by atoms with Crippen molar-refractivity contribution in [3.8, 4) is 45.8 Å². The van der Waals surface area contributed by atoms with Crippen molar-refractivity contribution in [1.29, 1.82) is 5.26 Å². The summed E-state index contributed by atoms with van der Waals surface area (Å²) in [5.41, 5.74) is 9.20. The third-order valence-corrected chi connectivity index (χ3v) is 10.8. The number of hydrogen-bond donors (Lipinski definition) is 1. The molecule has 0 saturated carbocycles. The normalized spacial score (nSPS) is 12.6. The van der Waals surface area contributed by atoms with E-state index in [0.717, 1.165) is 48.3 Å². The number of carbonyl (C=O) groups excluding carboxylic acids is 2. The van der Waals surface area contributed by atoms with Crippen LogP contribution in [0.15, 0.2) is 114 Å². The number of fused-ring (bicyclic) bond motifs is 1. The number of methoxy groups -OCH3 is 2. The number of nitrogens with zero attached hydrogens (tertiary/aromatic N) is 4. The molecular formula is C46H38Cl3N5O5. The molecule has 0 radical (unpaired) electrons. The fourth-order valence-corrected chi connectivity index (χ4v) is 7.52. The highest BCUT2D eigenvalue weighted by Crippen LogP contribution is 2.38. The predicted octanol–water partition coefficient (Wildman–Crippen LogP) is 11.2. The summed E-state index contributed by atoms with van der Waals surface area (Å²) in [4.78, 5) is 26.4. The average Bonchev–Trinajstić information content (AvgIpc) is 3.81. The molecule has 298 valence electrons. The second kappa shape index (κ2) is 18.2. The molecule has 1 aliphatic rings. The van der Waals surface area contributed by atoms with Crippen LogP contribution in [-0.2, 0) is 0 Å².